The van der Waals surface area contributed by atoms with Gasteiger partial charge in [-0.2, -0.15) is 0 Å². The van der Waals surface area contributed by atoms with Crippen LogP contribution in [0.1, 0.15) is 23.7 Å². The first-order chi connectivity index (χ1) is 8.18. The molecule has 0 aliphatic rings. The summed E-state index contributed by atoms with van der Waals surface area (Å²) in [6.07, 6.45) is 1.72. The highest BCUT2D eigenvalue weighted by Crippen LogP contribution is 2.22. The molecule has 2 nitrogen and oxygen atoms in total. The molecular weight excluding hydrogens is 210 g/mol. The summed E-state index contributed by atoms with van der Waals surface area (Å²) in [4.78, 5) is 4.22. The Morgan fingerprint density at radius 1 is 1.06 bits per heavy atom. The first-order valence-corrected chi connectivity index (χ1v) is 5.57. The van der Waals surface area contributed by atoms with Crippen molar-refractivity contribution < 1.29 is 5.11 Å². The van der Waals surface area contributed by atoms with Crippen LogP contribution in [0.2, 0.25) is 0 Å². The molecule has 17 heavy (non-hydrogen) atoms. The molecule has 0 fully saturated rings. The molecule has 0 saturated heterocycles. The van der Waals surface area contributed by atoms with E-state index in [-0.39, 0.29) is 5.76 Å². The van der Waals surface area contributed by atoms with Gasteiger partial charge < -0.3 is 5.11 Å². The van der Waals surface area contributed by atoms with E-state index in [0.717, 1.165) is 16.8 Å². The lowest BCUT2D eigenvalue weighted by Gasteiger charge is -2.06. The number of aromatic nitrogens is 1. The predicted octanol–water partition coefficient (Wildman–Crippen LogP) is 3.84. The molecule has 1 aromatic heterocycles. The zero-order chi connectivity index (χ0) is 12.3. The van der Waals surface area contributed by atoms with Gasteiger partial charge in [0.05, 0.1) is 5.69 Å². The summed E-state index contributed by atoms with van der Waals surface area (Å²) in [5, 5.41) is 10.2. The lowest BCUT2D eigenvalue weighted by atomic mass is 10.1. The molecule has 1 N–H and O–H groups in total. The quantitative estimate of drug-likeness (QED) is 0.788. The molecule has 0 aliphatic carbocycles. The van der Waals surface area contributed by atoms with Crippen LogP contribution in [0.4, 0.5) is 0 Å². The van der Waals surface area contributed by atoms with Gasteiger partial charge in [-0.25, -0.2) is 0 Å². The van der Waals surface area contributed by atoms with Gasteiger partial charge in [-0.15, -0.1) is 0 Å². The number of pyridine rings is 1. The topological polar surface area (TPSA) is 33.1 Å². The second-order valence-corrected chi connectivity index (χ2v) is 4.05. The number of aliphatic hydroxyl groups is 1. The zero-order valence-electron chi connectivity index (χ0n) is 10.0. The minimum Gasteiger partial charge on any atom is -0.507 e. The number of rotatable bonds is 2. The van der Waals surface area contributed by atoms with Crippen LogP contribution in [0.25, 0.3) is 11.3 Å². The molecule has 0 aliphatic heterocycles. The number of hydrogen-bond acceptors (Lipinski definition) is 2. The minimum absolute atomic E-state index is 0.281. The Morgan fingerprint density at radius 3 is 2.35 bits per heavy atom. The van der Waals surface area contributed by atoms with Gasteiger partial charge in [-0.05, 0) is 26.0 Å². The van der Waals surface area contributed by atoms with Crippen molar-refractivity contribution >= 4 is 11.3 Å². The van der Waals surface area contributed by atoms with Gasteiger partial charge in [0, 0.05) is 17.3 Å². The summed E-state index contributed by atoms with van der Waals surface area (Å²) in [5.41, 5.74) is 3.58. The van der Waals surface area contributed by atoms with E-state index in [0.29, 0.717) is 0 Å². The molecule has 1 aromatic carbocycles. The maximum Gasteiger partial charge on any atom is 0.127 e. The molecule has 1 heterocycles. The normalized spacial score (nSPS) is 12.1. The first-order valence-electron chi connectivity index (χ1n) is 5.57. The molecule has 0 spiro atoms. The van der Waals surface area contributed by atoms with Crippen molar-refractivity contribution in [3.05, 3.63) is 65.5 Å². The van der Waals surface area contributed by atoms with E-state index in [1.165, 1.54) is 5.56 Å². The largest absolute Gasteiger partial charge is 0.507 e. The molecule has 2 aromatic rings. The maximum atomic E-state index is 10.2. The maximum absolute atomic E-state index is 10.2. The van der Waals surface area contributed by atoms with Crippen LogP contribution in [0.15, 0.2) is 48.7 Å². The van der Waals surface area contributed by atoms with Crippen LogP contribution in [0, 0.1) is 6.92 Å². The number of allylic oxidation sites excluding steroid dienone is 1. The third-order valence-electron chi connectivity index (χ3n) is 2.73. The van der Waals surface area contributed by atoms with Crippen molar-refractivity contribution in [2.24, 2.45) is 0 Å². The van der Waals surface area contributed by atoms with Crippen molar-refractivity contribution in [1.29, 1.82) is 0 Å². The van der Waals surface area contributed by atoms with Crippen LogP contribution in [0.5, 0.6) is 0 Å². The van der Waals surface area contributed by atoms with E-state index < -0.39 is 0 Å². The van der Waals surface area contributed by atoms with Gasteiger partial charge in [-0.1, -0.05) is 35.9 Å². The summed E-state index contributed by atoms with van der Waals surface area (Å²) in [7, 11) is 0. The second-order valence-electron chi connectivity index (χ2n) is 4.05. The van der Waals surface area contributed by atoms with Crippen LogP contribution in [-0.2, 0) is 0 Å². The highest BCUT2D eigenvalue weighted by molar-refractivity contribution is 5.84. The van der Waals surface area contributed by atoms with Crippen molar-refractivity contribution in [2.45, 2.75) is 13.8 Å². The standard InChI is InChI=1S/C15H15NO/c1-11-6-8-13(9-7-11)15(17)12(2)14-5-3-4-10-16-14/h3-10,17H,1-2H3/b15-12-. The fourth-order valence-corrected chi connectivity index (χ4v) is 1.63. The van der Waals surface area contributed by atoms with Crippen LogP contribution in [0.3, 0.4) is 0 Å². The van der Waals surface area contributed by atoms with Crippen LogP contribution >= 0.6 is 0 Å². The second kappa shape index (κ2) is 4.83. The number of aliphatic hydroxyl groups excluding tert-OH is 1. The third kappa shape index (κ3) is 2.53. The molecule has 0 amide bonds. The van der Waals surface area contributed by atoms with Crippen LogP contribution < -0.4 is 0 Å². The molecule has 86 valence electrons. The van der Waals surface area contributed by atoms with E-state index in [9.17, 15) is 5.11 Å². The van der Waals surface area contributed by atoms with Crippen LogP contribution in [-0.4, -0.2) is 10.1 Å². The van der Waals surface area contributed by atoms with Gasteiger partial charge in [-0.3, -0.25) is 4.98 Å². The average molecular weight is 225 g/mol. The fraction of sp³-hybridized carbons (Fsp3) is 0.133. The summed E-state index contributed by atoms with van der Waals surface area (Å²) in [6, 6.07) is 13.5. The Balaban J connectivity index is 2.41. The average Bonchev–Trinajstić information content (AvgIpc) is 2.39. The Kier molecular flexibility index (Phi) is 3.24. The highest BCUT2D eigenvalue weighted by atomic mass is 16.3. The van der Waals surface area contributed by atoms with E-state index >= 15 is 0 Å². The molecule has 2 heteroatoms. The van der Waals surface area contributed by atoms with Gasteiger partial charge in [0.1, 0.15) is 5.76 Å². The molecule has 0 radical (unpaired) electrons. The Morgan fingerprint density at radius 2 is 1.76 bits per heavy atom. The minimum atomic E-state index is 0.281. The van der Waals surface area contributed by atoms with Gasteiger partial charge in [0.25, 0.3) is 0 Å². The number of hydrogen-bond donors (Lipinski definition) is 1. The smallest absolute Gasteiger partial charge is 0.127 e. The Labute approximate surface area is 101 Å². The molecule has 2 rings (SSSR count). The van der Waals surface area contributed by atoms with Crippen molar-refractivity contribution in [1.82, 2.24) is 4.98 Å². The van der Waals surface area contributed by atoms with Gasteiger partial charge >= 0.3 is 0 Å². The third-order valence-corrected chi connectivity index (χ3v) is 2.73. The Bertz CT molecular complexity index is 527. The van der Waals surface area contributed by atoms with Crippen molar-refractivity contribution in [3.63, 3.8) is 0 Å². The molecule has 0 atom stereocenters. The highest BCUT2D eigenvalue weighted by Gasteiger charge is 2.06. The lowest BCUT2D eigenvalue weighted by Crippen LogP contribution is -1.91. The van der Waals surface area contributed by atoms with E-state index in [2.05, 4.69) is 4.98 Å². The van der Waals surface area contributed by atoms with Gasteiger partial charge in [0.2, 0.25) is 0 Å². The summed E-state index contributed by atoms with van der Waals surface area (Å²) in [5.74, 6) is 0.281. The number of benzene rings is 1. The first kappa shape index (κ1) is 11.4. The number of nitrogens with zero attached hydrogens (tertiary/aromatic N) is 1. The summed E-state index contributed by atoms with van der Waals surface area (Å²) >= 11 is 0. The Hall–Kier alpha value is -2.09. The monoisotopic (exact) mass is 225 g/mol. The fourth-order valence-electron chi connectivity index (χ4n) is 1.63. The van der Waals surface area contributed by atoms with E-state index in [1.807, 2.05) is 56.3 Å². The predicted molar refractivity (Wildman–Crippen MR) is 70.5 cm³/mol. The molecular formula is C15H15NO. The number of aryl methyl sites for hydroxylation is 1. The van der Waals surface area contributed by atoms with Crippen molar-refractivity contribution in [2.75, 3.05) is 0 Å². The molecule has 0 bridgehead atoms. The summed E-state index contributed by atoms with van der Waals surface area (Å²) < 4.78 is 0. The summed E-state index contributed by atoms with van der Waals surface area (Å²) in [6.45, 7) is 3.90. The zero-order valence-corrected chi connectivity index (χ0v) is 10.0. The van der Waals surface area contributed by atoms with E-state index in [4.69, 9.17) is 0 Å². The van der Waals surface area contributed by atoms with E-state index in [1.54, 1.807) is 6.20 Å². The molecule has 0 saturated carbocycles. The lowest BCUT2D eigenvalue weighted by molar-refractivity contribution is 0.513. The van der Waals surface area contributed by atoms with Crippen molar-refractivity contribution in [3.8, 4) is 0 Å². The molecule has 0 unspecified atom stereocenters. The SMILES string of the molecule is C/C(=C(/O)c1ccc(C)cc1)c1ccccn1. The van der Waals surface area contributed by atoms with Gasteiger partial charge in [0.15, 0.2) is 0 Å².